The molecule has 0 N–H and O–H groups in total. The van der Waals surface area contributed by atoms with Crippen LogP contribution in [0, 0.1) is 0 Å². The van der Waals surface area contributed by atoms with Crippen molar-refractivity contribution in [2.45, 2.75) is 26.2 Å². The smallest absolute Gasteiger partial charge is 0.164 e. The van der Waals surface area contributed by atoms with Crippen LogP contribution >= 0.6 is 0 Å². The molecule has 0 atom stereocenters. The van der Waals surface area contributed by atoms with E-state index in [9.17, 15) is 0 Å². The van der Waals surface area contributed by atoms with Crippen LogP contribution in [0.25, 0.3) is 78.0 Å². The third-order valence-corrected chi connectivity index (χ3v) is 9.05. The number of fused-ring (bicyclic) bond motifs is 2. The Bertz CT molecular complexity index is 2370. The lowest BCUT2D eigenvalue weighted by Gasteiger charge is -2.22. The summed E-state index contributed by atoms with van der Waals surface area (Å²) in [6.45, 7) is 6.83. The molecule has 0 unspecified atom stereocenters. The van der Waals surface area contributed by atoms with Gasteiger partial charge in [0.25, 0.3) is 0 Å². The Morgan fingerprint density at radius 1 is 0.333 bits per heavy atom. The number of hydrogen-bond donors (Lipinski definition) is 0. The minimum absolute atomic E-state index is 0.0319. The van der Waals surface area contributed by atoms with Crippen LogP contribution in [0.2, 0.25) is 0 Å². The topological polar surface area (TPSA) is 38.7 Å². The number of hydrogen-bond acceptors (Lipinski definition) is 3. The Hall–Kier alpha value is -5.93. The zero-order valence-corrected chi connectivity index (χ0v) is 27.4. The van der Waals surface area contributed by atoms with Crippen LogP contribution in [-0.2, 0) is 5.41 Å². The molecular formula is C45H35N3. The van der Waals surface area contributed by atoms with E-state index in [0.29, 0.717) is 17.5 Å². The van der Waals surface area contributed by atoms with Crippen molar-refractivity contribution in [2.75, 3.05) is 0 Å². The van der Waals surface area contributed by atoms with Crippen molar-refractivity contribution >= 4 is 21.5 Å². The Morgan fingerprint density at radius 2 is 0.771 bits per heavy atom. The number of benzene rings is 7. The second-order valence-electron chi connectivity index (χ2n) is 13.4. The monoisotopic (exact) mass is 617 g/mol. The van der Waals surface area contributed by atoms with E-state index in [0.717, 1.165) is 22.1 Å². The van der Waals surface area contributed by atoms with Crippen molar-refractivity contribution in [3.05, 3.63) is 163 Å². The normalized spacial score (nSPS) is 11.6. The van der Waals surface area contributed by atoms with E-state index in [1.165, 1.54) is 44.0 Å². The molecule has 0 aliphatic heterocycles. The highest BCUT2D eigenvalue weighted by molar-refractivity contribution is 5.95. The molecule has 0 bridgehead atoms. The van der Waals surface area contributed by atoms with E-state index in [1.54, 1.807) is 0 Å². The van der Waals surface area contributed by atoms with Crippen molar-refractivity contribution in [3.8, 4) is 56.4 Å². The lowest BCUT2D eigenvalue weighted by molar-refractivity contribution is 0.590. The summed E-state index contributed by atoms with van der Waals surface area (Å²) >= 11 is 0. The molecule has 0 amide bonds. The molecule has 0 aliphatic carbocycles. The van der Waals surface area contributed by atoms with Crippen molar-refractivity contribution in [3.63, 3.8) is 0 Å². The molecular weight excluding hydrogens is 583 g/mol. The van der Waals surface area contributed by atoms with Gasteiger partial charge in [0.1, 0.15) is 0 Å². The molecule has 0 saturated heterocycles. The lowest BCUT2D eigenvalue weighted by Crippen LogP contribution is -2.11. The molecule has 1 aromatic heterocycles. The maximum Gasteiger partial charge on any atom is 0.164 e. The fourth-order valence-electron chi connectivity index (χ4n) is 6.35. The van der Waals surface area contributed by atoms with Crippen molar-refractivity contribution in [1.29, 1.82) is 0 Å². The second-order valence-corrected chi connectivity index (χ2v) is 13.4. The van der Waals surface area contributed by atoms with E-state index in [-0.39, 0.29) is 5.41 Å². The first-order chi connectivity index (χ1) is 23.4. The number of rotatable bonds is 5. The van der Waals surface area contributed by atoms with Crippen molar-refractivity contribution in [1.82, 2.24) is 15.0 Å². The third-order valence-electron chi connectivity index (χ3n) is 9.05. The molecule has 0 fully saturated rings. The molecule has 0 saturated carbocycles. The summed E-state index contributed by atoms with van der Waals surface area (Å²) in [6.07, 6.45) is 0. The zero-order valence-electron chi connectivity index (χ0n) is 27.4. The minimum atomic E-state index is 0.0319. The van der Waals surface area contributed by atoms with Crippen LogP contribution in [0.15, 0.2) is 158 Å². The fourth-order valence-corrected chi connectivity index (χ4v) is 6.35. The Kier molecular flexibility index (Phi) is 7.38. The maximum atomic E-state index is 4.95. The highest BCUT2D eigenvalue weighted by atomic mass is 15.0. The van der Waals surface area contributed by atoms with Crippen molar-refractivity contribution in [2.24, 2.45) is 0 Å². The molecule has 1 heterocycles. The average molecular weight is 618 g/mol. The average Bonchev–Trinajstić information content (AvgIpc) is 3.14. The minimum Gasteiger partial charge on any atom is -0.208 e. The molecule has 7 aromatic carbocycles. The zero-order chi connectivity index (χ0) is 32.7. The third kappa shape index (κ3) is 5.76. The first kappa shape index (κ1) is 29.5. The molecule has 48 heavy (non-hydrogen) atoms. The summed E-state index contributed by atoms with van der Waals surface area (Å²) < 4.78 is 0. The molecule has 3 heteroatoms. The second kappa shape index (κ2) is 12.0. The Labute approximate surface area is 281 Å². The van der Waals surface area contributed by atoms with Gasteiger partial charge in [0.15, 0.2) is 17.5 Å². The lowest BCUT2D eigenvalue weighted by atomic mass is 9.82. The van der Waals surface area contributed by atoms with Gasteiger partial charge in [-0.1, -0.05) is 160 Å². The van der Waals surface area contributed by atoms with Gasteiger partial charge in [-0.2, -0.15) is 0 Å². The SMILES string of the molecule is CC(C)(C)c1ccc(-c2ccc3ccccc3c2)c(-c2ccc3cc(-c4nc(-c5ccccc5)nc(-c5ccccc5)n4)ccc3c2)c1. The Balaban J connectivity index is 1.23. The van der Waals surface area contributed by atoms with Gasteiger partial charge in [0.05, 0.1) is 0 Å². The van der Waals surface area contributed by atoms with E-state index in [4.69, 9.17) is 15.0 Å². The summed E-state index contributed by atoms with van der Waals surface area (Å²) in [5.74, 6) is 1.98. The first-order valence-electron chi connectivity index (χ1n) is 16.4. The summed E-state index contributed by atoms with van der Waals surface area (Å²) in [5, 5.41) is 4.80. The van der Waals surface area contributed by atoms with Crippen LogP contribution in [-0.4, -0.2) is 15.0 Å². The number of aromatic nitrogens is 3. The first-order valence-corrected chi connectivity index (χ1v) is 16.4. The van der Waals surface area contributed by atoms with Gasteiger partial charge < -0.3 is 0 Å². The van der Waals surface area contributed by atoms with E-state index < -0.39 is 0 Å². The highest BCUT2D eigenvalue weighted by Crippen LogP contribution is 2.38. The maximum absolute atomic E-state index is 4.95. The molecule has 0 aliphatic rings. The van der Waals surface area contributed by atoms with E-state index in [2.05, 4.69) is 118 Å². The van der Waals surface area contributed by atoms with Gasteiger partial charge in [0, 0.05) is 16.7 Å². The molecule has 3 nitrogen and oxygen atoms in total. The van der Waals surface area contributed by atoms with Crippen LogP contribution in [0.3, 0.4) is 0 Å². The summed E-state index contributed by atoms with van der Waals surface area (Å²) in [6, 6.07) is 55.8. The quantitative estimate of drug-likeness (QED) is 0.193. The van der Waals surface area contributed by atoms with Gasteiger partial charge in [-0.25, -0.2) is 15.0 Å². The van der Waals surface area contributed by atoms with Crippen LogP contribution in [0.5, 0.6) is 0 Å². The standard InChI is InChI=1S/C45H35N3/c1-45(2,3)39-24-25-40(36-21-18-30-12-10-11-17-33(30)26-36)41(29-39)37-22-19-35-28-38(23-20-34(35)27-37)44-47-42(31-13-6-4-7-14-31)46-43(48-44)32-15-8-5-9-16-32/h4-29H,1-3H3. The highest BCUT2D eigenvalue weighted by Gasteiger charge is 2.18. The largest absolute Gasteiger partial charge is 0.208 e. The summed E-state index contributed by atoms with van der Waals surface area (Å²) in [5.41, 5.74) is 9.11. The number of nitrogens with zero attached hydrogens (tertiary/aromatic N) is 3. The molecule has 8 rings (SSSR count). The fraction of sp³-hybridized carbons (Fsp3) is 0.0889. The molecule has 0 radical (unpaired) electrons. The van der Waals surface area contributed by atoms with Crippen molar-refractivity contribution < 1.29 is 0 Å². The van der Waals surface area contributed by atoms with Crippen LogP contribution in [0.1, 0.15) is 26.3 Å². The van der Waals surface area contributed by atoms with Gasteiger partial charge in [-0.15, -0.1) is 0 Å². The van der Waals surface area contributed by atoms with Gasteiger partial charge in [-0.05, 0) is 73.0 Å². The van der Waals surface area contributed by atoms with Gasteiger partial charge >= 0.3 is 0 Å². The van der Waals surface area contributed by atoms with Gasteiger partial charge in [-0.3, -0.25) is 0 Å². The summed E-state index contributed by atoms with van der Waals surface area (Å²) in [7, 11) is 0. The molecule has 0 spiro atoms. The predicted molar refractivity (Wildman–Crippen MR) is 201 cm³/mol. The van der Waals surface area contributed by atoms with Crippen LogP contribution in [0.4, 0.5) is 0 Å². The summed E-state index contributed by atoms with van der Waals surface area (Å²) in [4.78, 5) is 14.8. The van der Waals surface area contributed by atoms with Gasteiger partial charge in [0.2, 0.25) is 0 Å². The van der Waals surface area contributed by atoms with E-state index in [1.807, 2.05) is 60.7 Å². The molecule has 8 aromatic rings. The Morgan fingerprint density at radius 3 is 1.35 bits per heavy atom. The van der Waals surface area contributed by atoms with Crippen LogP contribution < -0.4 is 0 Å². The predicted octanol–water partition coefficient (Wildman–Crippen LogP) is 11.8. The van der Waals surface area contributed by atoms with E-state index >= 15 is 0 Å². The molecule has 230 valence electrons.